The van der Waals surface area contributed by atoms with Crippen molar-refractivity contribution < 1.29 is 14.3 Å². The van der Waals surface area contributed by atoms with E-state index in [2.05, 4.69) is 17.1 Å². The fourth-order valence-corrected chi connectivity index (χ4v) is 4.57. The summed E-state index contributed by atoms with van der Waals surface area (Å²) >= 11 is 0. The third kappa shape index (κ3) is 1.48. The van der Waals surface area contributed by atoms with Crippen LogP contribution in [0.1, 0.15) is 38.5 Å². The van der Waals surface area contributed by atoms with Gasteiger partial charge in [0.2, 0.25) is 5.91 Å². The molecule has 106 valence electrons. The molecule has 4 nitrogen and oxygen atoms in total. The molecule has 0 bridgehead atoms. The molecule has 3 aliphatic heterocycles. The van der Waals surface area contributed by atoms with Gasteiger partial charge in [0.05, 0.1) is 12.0 Å². The van der Waals surface area contributed by atoms with Gasteiger partial charge in [0, 0.05) is 18.9 Å². The number of cyclic esters (lactones) is 1. The first-order chi connectivity index (χ1) is 9.72. The van der Waals surface area contributed by atoms with Crippen LogP contribution in [0.3, 0.4) is 0 Å². The van der Waals surface area contributed by atoms with Crippen molar-refractivity contribution in [2.45, 2.75) is 44.1 Å². The Morgan fingerprint density at radius 2 is 2.25 bits per heavy atom. The Bertz CT molecular complexity index is 548. The molecule has 0 unspecified atom stereocenters. The van der Waals surface area contributed by atoms with Gasteiger partial charge in [-0.05, 0) is 36.8 Å². The first-order valence-electron chi connectivity index (χ1n) is 7.56. The molecule has 0 saturated carbocycles. The minimum absolute atomic E-state index is 0.132. The van der Waals surface area contributed by atoms with Crippen LogP contribution in [-0.4, -0.2) is 35.5 Å². The van der Waals surface area contributed by atoms with Crippen LogP contribution in [0.4, 0.5) is 0 Å². The SMILES string of the molecule is O=C1CC2=C(CCCN3C(=O)C[C@@H]4C=CCC[C@@]243)CO1. The van der Waals surface area contributed by atoms with Gasteiger partial charge >= 0.3 is 5.97 Å². The van der Waals surface area contributed by atoms with Crippen LogP contribution >= 0.6 is 0 Å². The van der Waals surface area contributed by atoms with E-state index in [-0.39, 0.29) is 23.3 Å². The molecule has 1 fully saturated rings. The summed E-state index contributed by atoms with van der Waals surface area (Å²) in [5.74, 6) is 0.375. The molecule has 0 radical (unpaired) electrons. The molecule has 0 aromatic rings. The van der Waals surface area contributed by atoms with E-state index in [1.54, 1.807) is 0 Å². The molecule has 0 N–H and O–H groups in total. The van der Waals surface area contributed by atoms with Crippen molar-refractivity contribution >= 4 is 11.9 Å². The number of amides is 1. The molecule has 20 heavy (non-hydrogen) atoms. The third-order valence-electron chi connectivity index (χ3n) is 5.39. The summed E-state index contributed by atoms with van der Waals surface area (Å²) in [6.45, 7) is 1.26. The van der Waals surface area contributed by atoms with Gasteiger partial charge in [0.25, 0.3) is 0 Å². The van der Waals surface area contributed by atoms with Crippen molar-refractivity contribution in [3.8, 4) is 0 Å². The summed E-state index contributed by atoms with van der Waals surface area (Å²) in [4.78, 5) is 26.3. The molecule has 0 aromatic heterocycles. The van der Waals surface area contributed by atoms with Crippen LogP contribution in [0.15, 0.2) is 23.3 Å². The number of carbonyl (C=O) groups excluding carboxylic acids is 2. The zero-order valence-electron chi connectivity index (χ0n) is 11.6. The van der Waals surface area contributed by atoms with Crippen LogP contribution in [0.5, 0.6) is 0 Å². The lowest BCUT2D eigenvalue weighted by molar-refractivity contribution is -0.144. The maximum Gasteiger partial charge on any atom is 0.310 e. The highest BCUT2D eigenvalue weighted by atomic mass is 16.5. The number of nitrogens with zero attached hydrogens (tertiary/aromatic N) is 1. The average Bonchev–Trinajstić information content (AvgIpc) is 2.64. The zero-order chi connectivity index (χ0) is 13.7. The molecule has 1 aliphatic carbocycles. The fourth-order valence-electron chi connectivity index (χ4n) is 4.57. The monoisotopic (exact) mass is 273 g/mol. The molecule has 1 amide bonds. The molecule has 1 saturated heterocycles. The summed E-state index contributed by atoms with van der Waals surface area (Å²) in [6.07, 6.45) is 9.28. The Balaban J connectivity index is 1.89. The molecule has 4 rings (SSSR count). The Labute approximate surface area is 118 Å². The Morgan fingerprint density at radius 1 is 1.35 bits per heavy atom. The molecule has 3 heterocycles. The topological polar surface area (TPSA) is 46.6 Å². The predicted molar refractivity (Wildman–Crippen MR) is 72.8 cm³/mol. The number of allylic oxidation sites excluding steroid dienone is 1. The van der Waals surface area contributed by atoms with E-state index in [1.165, 1.54) is 11.1 Å². The predicted octanol–water partition coefficient (Wildman–Crippen LogP) is 1.96. The fraction of sp³-hybridized carbons (Fsp3) is 0.625. The average molecular weight is 273 g/mol. The second-order valence-electron chi connectivity index (χ2n) is 6.27. The first-order valence-corrected chi connectivity index (χ1v) is 7.56. The quantitative estimate of drug-likeness (QED) is 0.500. The highest BCUT2D eigenvalue weighted by Crippen LogP contribution is 2.51. The van der Waals surface area contributed by atoms with Crippen molar-refractivity contribution in [3.05, 3.63) is 23.3 Å². The standard InChI is InChI=1S/C16H19NO3/c18-14-8-12-5-1-2-6-16(12)13-9-15(19)20-10-11(13)4-3-7-17(14)16/h1,5,12H,2-4,6-10H2/t12-,16-/m0/s1. The van der Waals surface area contributed by atoms with Crippen LogP contribution in [0, 0.1) is 5.92 Å². The first kappa shape index (κ1) is 12.2. The van der Waals surface area contributed by atoms with Gasteiger partial charge in [0.15, 0.2) is 0 Å². The van der Waals surface area contributed by atoms with Gasteiger partial charge in [0.1, 0.15) is 6.61 Å². The van der Waals surface area contributed by atoms with Crippen molar-refractivity contribution in [1.29, 1.82) is 0 Å². The van der Waals surface area contributed by atoms with Crippen molar-refractivity contribution in [2.24, 2.45) is 5.92 Å². The number of ether oxygens (including phenoxy) is 1. The van der Waals surface area contributed by atoms with E-state index < -0.39 is 0 Å². The maximum atomic E-state index is 12.4. The van der Waals surface area contributed by atoms with Gasteiger partial charge in [-0.2, -0.15) is 0 Å². The summed E-state index contributed by atoms with van der Waals surface area (Å²) in [5, 5.41) is 0. The highest BCUT2D eigenvalue weighted by Gasteiger charge is 2.56. The highest BCUT2D eigenvalue weighted by molar-refractivity contribution is 5.84. The molecule has 4 aliphatic rings. The molecule has 4 heteroatoms. The van der Waals surface area contributed by atoms with E-state index in [0.717, 1.165) is 32.2 Å². The lowest BCUT2D eigenvalue weighted by atomic mass is 9.69. The van der Waals surface area contributed by atoms with E-state index in [4.69, 9.17) is 4.74 Å². The maximum absolute atomic E-state index is 12.4. The van der Waals surface area contributed by atoms with Gasteiger partial charge in [-0.15, -0.1) is 0 Å². The second-order valence-corrected chi connectivity index (χ2v) is 6.27. The van der Waals surface area contributed by atoms with E-state index in [9.17, 15) is 9.59 Å². The summed E-state index contributed by atoms with van der Waals surface area (Å²) in [5.41, 5.74) is 2.28. The van der Waals surface area contributed by atoms with Crippen LogP contribution in [-0.2, 0) is 14.3 Å². The van der Waals surface area contributed by atoms with Crippen molar-refractivity contribution in [1.82, 2.24) is 4.90 Å². The molecule has 0 aromatic carbocycles. The molecule has 2 atom stereocenters. The second kappa shape index (κ2) is 4.21. The largest absolute Gasteiger partial charge is 0.461 e. The lowest BCUT2D eigenvalue weighted by Gasteiger charge is -2.45. The van der Waals surface area contributed by atoms with Crippen LogP contribution in [0.2, 0.25) is 0 Å². The van der Waals surface area contributed by atoms with Crippen LogP contribution in [0.25, 0.3) is 0 Å². The lowest BCUT2D eigenvalue weighted by Crippen LogP contribution is -2.52. The van der Waals surface area contributed by atoms with Crippen LogP contribution < -0.4 is 0 Å². The smallest absolute Gasteiger partial charge is 0.310 e. The van der Waals surface area contributed by atoms with Crippen molar-refractivity contribution in [2.75, 3.05) is 13.2 Å². The summed E-state index contributed by atoms with van der Waals surface area (Å²) in [6, 6.07) is 0. The van der Waals surface area contributed by atoms with E-state index in [0.29, 0.717) is 19.4 Å². The Kier molecular flexibility index (Phi) is 2.56. The number of hydrogen-bond acceptors (Lipinski definition) is 3. The van der Waals surface area contributed by atoms with Gasteiger partial charge < -0.3 is 9.64 Å². The van der Waals surface area contributed by atoms with E-state index in [1.807, 2.05) is 0 Å². The number of esters is 1. The Morgan fingerprint density at radius 3 is 3.15 bits per heavy atom. The molecule has 1 spiro atoms. The number of hydrogen-bond donors (Lipinski definition) is 0. The molecular weight excluding hydrogens is 254 g/mol. The number of rotatable bonds is 0. The zero-order valence-corrected chi connectivity index (χ0v) is 11.6. The van der Waals surface area contributed by atoms with Gasteiger partial charge in [-0.25, -0.2) is 0 Å². The molecular formula is C16H19NO3. The number of carbonyl (C=O) groups is 2. The van der Waals surface area contributed by atoms with Gasteiger partial charge in [-0.1, -0.05) is 12.2 Å². The van der Waals surface area contributed by atoms with E-state index >= 15 is 0 Å². The summed E-state index contributed by atoms with van der Waals surface area (Å²) < 4.78 is 5.24. The minimum atomic E-state index is -0.211. The normalized spacial score (nSPS) is 36.2. The van der Waals surface area contributed by atoms with Gasteiger partial charge in [-0.3, -0.25) is 9.59 Å². The third-order valence-corrected chi connectivity index (χ3v) is 5.39. The summed E-state index contributed by atoms with van der Waals surface area (Å²) in [7, 11) is 0. The Hall–Kier alpha value is -1.58. The minimum Gasteiger partial charge on any atom is -0.461 e. The van der Waals surface area contributed by atoms with Crippen molar-refractivity contribution in [3.63, 3.8) is 0 Å².